The molecule has 1 fully saturated rings. The summed E-state index contributed by atoms with van der Waals surface area (Å²) in [7, 11) is -2.67. The summed E-state index contributed by atoms with van der Waals surface area (Å²) in [4.78, 5) is 10.7. The van der Waals surface area contributed by atoms with Crippen LogP contribution in [0.5, 0.6) is 5.75 Å². The van der Waals surface area contributed by atoms with E-state index in [1.165, 1.54) is 19.2 Å². The molecule has 1 saturated carbocycles. The van der Waals surface area contributed by atoms with Crippen LogP contribution in [0, 0.1) is 11.2 Å². The fourth-order valence-electron chi connectivity index (χ4n) is 1.75. The van der Waals surface area contributed by atoms with Gasteiger partial charge in [-0.2, -0.15) is 0 Å². The summed E-state index contributed by atoms with van der Waals surface area (Å²) >= 11 is 0. The maximum Gasteiger partial charge on any atom is 0.310 e. The second kappa shape index (κ2) is 5.02. The van der Waals surface area contributed by atoms with Crippen LogP contribution in [0.15, 0.2) is 23.1 Å². The zero-order chi connectivity index (χ0) is 15.0. The molecule has 2 rings (SSSR count). The molecule has 8 heteroatoms. The molecule has 0 heterocycles. The van der Waals surface area contributed by atoms with Crippen LogP contribution >= 0.6 is 0 Å². The topological polar surface area (TPSA) is 92.7 Å². The molecular formula is C12H14FNO5S. The minimum absolute atomic E-state index is 0.0619. The first-order valence-corrected chi connectivity index (χ1v) is 7.36. The van der Waals surface area contributed by atoms with Crippen molar-refractivity contribution < 1.29 is 27.4 Å². The van der Waals surface area contributed by atoms with E-state index in [4.69, 9.17) is 9.84 Å². The Kier molecular flexibility index (Phi) is 3.70. The Labute approximate surface area is 115 Å². The van der Waals surface area contributed by atoms with Gasteiger partial charge in [-0.1, -0.05) is 0 Å². The van der Waals surface area contributed by atoms with Crippen LogP contribution in [-0.2, 0) is 14.8 Å². The van der Waals surface area contributed by atoms with Gasteiger partial charge in [0.15, 0.2) is 11.6 Å². The summed E-state index contributed by atoms with van der Waals surface area (Å²) in [6, 6.07) is 3.24. The van der Waals surface area contributed by atoms with E-state index < -0.39 is 27.2 Å². The monoisotopic (exact) mass is 303 g/mol. The summed E-state index contributed by atoms with van der Waals surface area (Å²) in [5, 5.41) is 8.97. The quantitative estimate of drug-likeness (QED) is 0.817. The highest BCUT2D eigenvalue weighted by atomic mass is 32.2. The van der Waals surface area contributed by atoms with Gasteiger partial charge in [0.2, 0.25) is 10.0 Å². The van der Waals surface area contributed by atoms with E-state index >= 15 is 0 Å². The maximum atomic E-state index is 13.5. The third-order valence-corrected chi connectivity index (χ3v) is 4.74. The van der Waals surface area contributed by atoms with E-state index in [2.05, 4.69) is 4.72 Å². The molecule has 0 bridgehead atoms. The molecule has 1 aromatic carbocycles. The van der Waals surface area contributed by atoms with Crippen molar-refractivity contribution in [3.05, 3.63) is 24.0 Å². The Morgan fingerprint density at radius 3 is 2.60 bits per heavy atom. The van der Waals surface area contributed by atoms with Gasteiger partial charge < -0.3 is 9.84 Å². The summed E-state index contributed by atoms with van der Waals surface area (Å²) in [6.45, 7) is -0.196. The number of carboxylic acids is 1. The van der Waals surface area contributed by atoms with Crippen molar-refractivity contribution in [2.75, 3.05) is 13.7 Å². The minimum Gasteiger partial charge on any atom is -0.494 e. The summed E-state index contributed by atoms with van der Waals surface area (Å²) in [6.07, 6.45) is 0.865. The first kappa shape index (κ1) is 14.7. The number of sulfonamides is 1. The van der Waals surface area contributed by atoms with Gasteiger partial charge in [-0.15, -0.1) is 0 Å². The number of halogens is 1. The molecule has 1 aliphatic rings. The summed E-state index contributed by atoms with van der Waals surface area (Å²) in [5.41, 5.74) is -1.02. The lowest BCUT2D eigenvalue weighted by molar-refractivity contribution is -0.143. The fraction of sp³-hybridized carbons (Fsp3) is 0.417. The molecule has 0 spiro atoms. The van der Waals surface area contributed by atoms with Gasteiger partial charge in [-0.3, -0.25) is 4.79 Å². The Morgan fingerprint density at radius 1 is 1.50 bits per heavy atom. The molecule has 110 valence electrons. The maximum absolute atomic E-state index is 13.5. The van der Waals surface area contributed by atoms with Crippen LogP contribution in [0.1, 0.15) is 12.8 Å². The number of hydrogen-bond acceptors (Lipinski definition) is 4. The van der Waals surface area contributed by atoms with Gasteiger partial charge in [0.25, 0.3) is 0 Å². The predicted octanol–water partition coefficient (Wildman–Crippen LogP) is 0.977. The number of benzene rings is 1. The fourth-order valence-corrected chi connectivity index (χ4v) is 2.89. The van der Waals surface area contributed by atoms with Crippen LogP contribution in [-0.4, -0.2) is 33.1 Å². The largest absolute Gasteiger partial charge is 0.494 e. The summed E-state index contributed by atoms with van der Waals surface area (Å²) in [5.74, 6) is -1.89. The molecule has 20 heavy (non-hydrogen) atoms. The molecule has 6 nitrogen and oxygen atoms in total. The second-order valence-corrected chi connectivity index (χ2v) is 6.47. The van der Waals surface area contributed by atoms with E-state index in [0.29, 0.717) is 12.8 Å². The number of hydrogen-bond donors (Lipinski definition) is 2. The highest BCUT2D eigenvalue weighted by Crippen LogP contribution is 2.45. The Balaban J connectivity index is 2.15. The molecule has 0 aliphatic heterocycles. The number of carboxylic acid groups (broad SMARTS) is 1. The van der Waals surface area contributed by atoms with E-state index in [-0.39, 0.29) is 17.2 Å². The van der Waals surface area contributed by atoms with Crippen molar-refractivity contribution in [3.8, 4) is 5.75 Å². The smallest absolute Gasteiger partial charge is 0.310 e. The number of methoxy groups -OCH3 is 1. The molecule has 0 radical (unpaired) electrons. The molecule has 0 unspecified atom stereocenters. The first-order valence-electron chi connectivity index (χ1n) is 5.87. The van der Waals surface area contributed by atoms with E-state index in [1.54, 1.807) is 0 Å². The standard InChI is InChI=1S/C12H14FNO5S/c1-19-10-3-2-8(6-9(10)13)20(17,18)14-7-12(4-5-12)11(15)16/h2-3,6,14H,4-5,7H2,1H3,(H,15,16). The lowest BCUT2D eigenvalue weighted by Crippen LogP contribution is -2.34. The van der Waals surface area contributed by atoms with Crippen LogP contribution in [0.2, 0.25) is 0 Å². The number of ether oxygens (including phenoxy) is 1. The van der Waals surface area contributed by atoms with Crippen molar-refractivity contribution in [2.45, 2.75) is 17.7 Å². The normalized spacial score (nSPS) is 16.7. The van der Waals surface area contributed by atoms with Crippen molar-refractivity contribution in [2.24, 2.45) is 5.41 Å². The average molecular weight is 303 g/mol. The summed E-state index contributed by atoms with van der Waals surface area (Å²) < 4.78 is 44.3. The Morgan fingerprint density at radius 2 is 2.15 bits per heavy atom. The van der Waals surface area contributed by atoms with Crippen LogP contribution in [0.4, 0.5) is 4.39 Å². The van der Waals surface area contributed by atoms with Gasteiger partial charge >= 0.3 is 5.97 Å². The second-order valence-electron chi connectivity index (χ2n) is 4.71. The third kappa shape index (κ3) is 2.75. The number of carbonyl (C=O) groups is 1. The highest BCUT2D eigenvalue weighted by Gasteiger charge is 2.50. The van der Waals surface area contributed by atoms with E-state index in [1.807, 2.05) is 0 Å². The number of aliphatic carboxylic acids is 1. The van der Waals surface area contributed by atoms with Gasteiger partial charge in [0.05, 0.1) is 17.4 Å². The lowest BCUT2D eigenvalue weighted by Gasteiger charge is -2.12. The third-order valence-electron chi connectivity index (χ3n) is 3.34. The zero-order valence-corrected chi connectivity index (χ0v) is 11.5. The molecule has 0 saturated heterocycles. The SMILES string of the molecule is COc1ccc(S(=O)(=O)NCC2(C(=O)O)CC2)cc1F. The van der Waals surface area contributed by atoms with Gasteiger partial charge in [0.1, 0.15) is 0 Å². The molecule has 0 aromatic heterocycles. The molecule has 1 aliphatic carbocycles. The van der Waals surface area contributed by atoms with E-state index in [9.17, 15) is 17.6 Å². The van der Waals surface area contributed by atoms with Gasteiger partial charge in [0, 0.05) is 6.54 Å². The molecule has 0 atom stereocenters. The van der Waals surface area contributed by atoms with Crippen molar-refractivity contribution in [1.29, 1.82) is 0 Å². The van der Waals surface area contributed by atoms with Crippen molar-refractivity contribution in [3.63, 3.8) is 0 Å². The first-order chi connectivity index (χ1) is 9.31. The van der Waals surface area contributed by atoms with Gasteiger partial charge in [-0.05, 0) is 31.0 Å². The average Bonchev–Trinajstić information content (AvgIpc) is 3.17. The minimum atomic E-state index is -3.94. The zero-order valence-electron chi connectivity index (χ0n) is 10.7. The van der Waals surface area contributed by atoms with Crippen molar-refractivity contribution in [1.82, 2.24) is 4.72 Å². The van der Waals surface area contributed by atoms with Crippen molar-refractivity contribution >= 4 is 16.0 Å². The number of nitrogens with one attached hydrogen (secondary N) is 1. The van der Waals surface area contributed by atoms with E-state index in [0.717, 1.165) is 6.07 Å². The van der Waals surface area contributed by atoms with Crippen LogP contribution in [0.25, 0.3) is 0 Å². The molecular weight excluding hydrogens is 289 g/mol. The Bertz CT molecular complexity index is 639. The lowest BCUT2D eigenvalue weighted by atomic mass is 10.1. The predicted molar refractivity (Wildman–Crippen MR) is 67.4 cm³/mol. The Hall–Kier alpha value is -1.67. The van der Waals surface area contributed by atoms with Crippen LogP contribution in [0.3, 0.4) is 0 Å². The van der Waals surface area contributed by atoms with Crippen LogP contribution < -0.4 is 9.46 Å². The highest BCUT2D eigenvalue weighted by molar-refractivity contribution is 7.89. The molecule has 1 aromatic rings. The molecule has 2 N–H and O–H groups in total. The van der Waals surface area contributed by atoms with Gasteiger partial charge in [-0.25, -0.2) is 17.5 Å². The number of rotatable bonds is 6. The molecule has 0 amide bonds.